The van der Waals surface area contributed by atoms with E-state index < -0.39 is 8.07 Å². The first-order valence-corrected chi connectivity index (χ1v) is 13.3. The number of allylic oxidation sites excluding steroid dienone is 2. The number of benzene rings is 3. The van der Waals surface area contributed by atoms with Crippen molar-refractivity contribution in [3.05, 3.63) is 114 Å². The second-order valence-electron chi connectivity index (χ2n) is 8.74. The zero-order chi connectivity index (χ0) is 24.3. The van der Waals surface area contributed by atoms with Crippen molar-refractivity contribution in [1.29, 1.82) is 0 Å². The van der Waals surface area contributed by atoms with Gasteiger partial charge >= 0.3 is 0 Å². The van der Waals surface area contributed by atoms with E-state index >= 15 is 0 Å². The Morgan fingerprint density at radius 2 is 1.40 bits per heavy atom. The average Bonchev–Trinajstić information content (AvgIpc) is 3.11. The molecule has 0 unspecified atom stereocenters. The molecule has 1 aliphatic heterocycles. The minimum atomic E-state index is -2.37. The van der Waals surface area contributed by atoms with Crippen LogP contribution >= 0.6 is 0 Å². The third-order valence-electron chi connectivity index (χ3n) is 6.09. The van der Waals surface area contributed by atoms with Crippen LogP contribution in [0.15, 0.2) is 96.9 Å². The van der Waals surface area contributed by atoms with Crippen molar-refractivity contribution >= 4 is 34.6 Å². The standard InChI is InChI=1S/C25H20NSi.C5H8O2.Ir/c1-18-9-13-20(14-10-18)27(21-15-11-19(2)12-16-21)23-7-4-3-6-22(23)25-24(27)8-5-17-26-25;1-4(6)3-5(2)7;/h3-5,7-17H,1-2H3;3,6H,1-2H3;/q-1;;/b;4-3-;. The van der Waals surface area contributed by atoms with Crippen molar-refractivity contribution in [2.24, 2.45) is 0 Å². The molecule has 1 N–H and O–H groups in total. The molecule has 2 heterocycles. The molecular formula is C30H28IrNO2Si-. The molecule has 0 fully saturated rings. The molecule has 1 radical (unpaired) electrons. The molecule has 1 aliphatic rings. The van der Waals surface area contributed by atoms with E-state index in [9.17, 15) is 4.79 Å². The molecule has 179 valence electrons. The second-order valence-corrected chi connectivity index (χ2v) is 12.5. The second kappa shape index (κ2) is 11.1. The molecule has 0 amide bonds. The van der Waals surface area contributed by atoms with Crippen molar-refractivity contribution in [3.63, 3.8) is 0 Å². The Labute approximate surface area is 222 Å². The summed E-state index contributed by atoms with van der Waals surface area (Å²) in [5.41, 5.74) is 4.84. The Kier molecular flexibility index (Phi) is 8.39. The molecule has 0 spiro atoms. The van der Waals surface area contributed by atoms with Gasteiger partial charge in [0.1, 0.15) is 8.07 Å². The zero-order valence-electron chi connectivity index (χ0n) is 20.3. The van der Waals surface area contributed by atoms with Gasteiger partial charge in [-0.1, -0.05) is 81.3 Å². The number of hydrogen-bond donors (Lipinski definition) is 1. The molecule has 5 rings (SSSR count). The van der Waals surface area contributed by atoms with Crippen LogP contribution in [0.1, 0.15) is 25.0 Å². The number of pyridine rings is 1. The number of ketones is 1. The van der Waals surface area contributed by atoms with Gasteiger partial charge in [-0.25, -0.2) is 0 Å². The minimum absolute atomic E-state index is 0. The fourth-order valence-electron chi connectivity index (χ4n) is 4.69. The van der Waals surface area contributed by atoms with Crippen molar-refractivity contribution in [3.8, 4) is 11.3 Å². The number of nitrogens with zero attached hydrogens (tertiary/aromatic N) is 1. The van der Waals surface area contributed by atoms with Crippen LogP contribution in [0.5, 0.6) is 0 Å². The monoisotopic (exact) mass is 655 g/mol. The van der Waals surface area contributed by atoms with E-state index in [0.29, 0.717) is 0 Å². The quantitative estimate of drug-likeness (QED) is 0.139. The third-order valence-corrected chi connectivity index (χ3v) is 10.9. The first-order chi connectivity index (χ1) is 16.3. The maximum atomic E-state index is 10.0. The molecule has 3 nitrogen and oxygen atoms in total. The Hall–Kier alpha value is -3.11. The van der Waals surface area contributed by atoms with Gasteiger partial charge in [-0.05, 0) is 39.5 Å². The van der Waals surface area contributed by atoms with Crippen molar-refractivity contribution in [1.82, 2.24) is 4.98 Å². The van der Waals surface area contributed by atoms with E-state index in [2.05, 4.69) is 92.7 Å². The molecular weight excluding hydrogens is 627 g/mol. The number of aryl methyl sites for hydroxylation is 2. The van der Waals surface area contributed by atoms with Crippen LogP contribution < -0.4 is 20.7 Å². The fourth-order valence-corrected chi connectivity index (χ4v) is 9.69. The number of aliphatic hydroxyl groups is 1. The minimum Gasteiger partial charge on any atom is -0.512 e. The average molecular weight is 655 g/mol. The van der Waals surface area contributed by atoms with Gasteiger partial charge in [-0.15, -0.1) is 35.0 Å². The summed E-state index contributed by atoms with van der Waals surface area (Å²) in [6.45, 7) is 7.15. The van der Waals surface area contributed by atoms with Crippen LogP contribution in [0.25, 0.3) is 11.3 Å². The number of aromatic nitrogens is 1. The van der Waals surface area contributed by atoms with Crippen LogP contribution in [0.2, 0.25) is 0 Å². The summed E-state index contributed by atoms with van der Waals surface area (Å²) < 4.78 is 0. The smallest absolute Gasteiger partial charge is 0.155 e. The van der Waals surface area contributed by atoms with E-state index in [0.717, 1.165) is 5.69 Å². The topological polar surface area (TPSA) is 50.2 Å². The normalized spacial score (nSPS) is 13.0. The van der Waals surface area contributed by atoms with E-state index in [1.165, 1.54) is 57.4 Å². The number of carbonyl (C=O) groups excluding carboxylic acids is 1. The summed E-state index contributed by atoms with van der Waals surface area (Å²) in [5.74, 6) is -0.0625. The van der Waals surface area contributed by atoms with Gasteiger partial charge in [0.25, 0.3) is 0 Å². The largest absolute Gasteiger partial charge is 0.512 e. The fraction of sp³-hybridized carbons (Fsp3) is 0.133. The maximum absolute atomic E-state index is 10.0. The molecule has 0 bridgehead atoms. The van der Waals surface area contributed by atoms with Crippen LogP contribution in [0, 0.1) is 19.9 Å². The number of rotatable bonds is 3. The van der Waals surface area contributed by atoms with Crippen molar-refractivity contribution in [2.45, 2.75) is 27.7 Å². The van der Waals surface area contributed by atoms with E-state index in [4.69, 9.17) is 10.1 Å². The summed E-state index contributed by atoms with van der Waals surface area (Å²) in [6, 6.07) is 32.5. The van der Waals surface area contributed by atoms with Gasteiger partial charge in [0.05, 0.1) is 5.76 Å². The molecule has 3 aromatic carbocycles. The summed E-state index contributed by atoms with van der Waals surface area (Å²) in [7, 11) is -2.37. The van der Waals surface area contributed by atoms with Crippen LogP contribution in [0.4, 0.5) is 0 Å². The Balaban J connectivity index is 0.000000378. The van der Waals surface area contributed by atoms with Crippen molar-refractivity contribution < 1.29 is 30.0 Å². The Morgan fingerprint density at radius 3 is 1.89 bits per heavy atom. The predicted molar refractivity (Wildman–Crippen MR) is 142 cm³/mol. The van der Waals surface area contributed by atoms with Crippen LogP contribution in [0.3, 0.4) is 0 Å². The molecule has 0 aliphatic carbocycles. The van der Waals surface area contributed by atoms with Crippen LogP contribution in [-0.4, -0.2) is 23.9 Å². The van der Waals surface area contributed by atoms with Crippen LogP contribution in [-0.2, 0) is 24.9 Å². The number of aliphatic hydroxyl groups excluding tert-OH is 1. The summed E-state index contributed by atoms with van der Waals surface area (Å²) in [4.78, 5) is 14.8. The summed E-state index contributed by atoms with van der Waals surface area (Å²) >= 11 is 0. The summed E-state index contributed by atoms with van der Waals surface area (Å²) in [6.07, 6.45) is 3.07. The predicted octanol–water partition coefficient (Wildman–Crippen LogP) is 3.89. The SMILES string of the molecule is CC(=O)/C=C(/C)O.Cc1ccc([Si]2(c3ccc(C)cc3)c3ccc[c-]c3-c3ncccc32)cc1.[Ir]. The van der Waals surface area contributed by atoms with Gasteiger partial charge in [0.2, 0.25) is 0 Å². The molecule has 1 aromatic heterocycles. The number of carbonyl (C=O) groups is 1. The van der Waals surface area contributed by atoms with Gasteiger partial charge in [0, 0.05) is 32.4 Å². The summed E-state index contributed by atoms with van der Waals surface area (Å²) in [5, 5.41) is 13.9. The van der Waals surface area contributed by atoms with Gasteiger partial charge in [-0.2, -0.15) is 0 Å². The molecule has 0 atom stereocenters. The van der Waals surface area contributed by atoms with Gasteiger partial charge in [0.15, 0.2) is 5.78 Å². The van der Waals surface area contributed by atoms with E-state index in [-0.39, 0.29) is 31.6 Å². The maximum Gasteiger partial charge on any atom is 0.155 e. The van der Waals surface area contributed by atoms with E-state index in [1.807, 2.05) is 12.3 Å². The first-order valence-electron chi connectivity index (χ1n) is 11.3. The third kappa shape index (κ3) is 5.13. The molecule has 35 heavy (non-hydrogen) atoms. The Morgan fingerprint density at radius 1 is 0.857 bits per heavy atom. The van der Waals surface area contributed by atoms with Gasteiger partial charge < -0.3 is 10.1 Å². The number of hydrogen-bond acceptors (Lipinski definition) is 3. The number of fused-ring (bicyclic) bond motifs is 3. The molecule has 0 saturated heterocycles. The molecule has 5 heteroatoms. The zero-order valence-corrected chi connectivity index (χ0v) is 23.7. The molecule has 0 saturated carbocycles. The first kappa shape index (κ1) is 26.5. The van der Waals surface area contributed by atoms with Crippen molar-refractivity contribution in [2.75, 3.05) is 0 Å². The van der Waals surface area contributed by atoms with Gasteiger partial charge in [-0.3, -0.25) is 4.79 Å². The van der Waals surface area contributed by atoms with E-state index in [1.54, 1.807) is 0 Å². The Bertz CT molecular complexity index is 1270. The molecule has 4 aromatic rings.